The number of nitro groups is 1. The van der Waals surface area contributed by atoms with Crippen molar-refractivity contribution in [2.75, 3.05) is 0 Å². The highest BCUT2D eigenvalue weighted by Crippen LogP contribution is 2.35. The number of hydrogen-bond donors (Lipinski definition) is 1. The first-order valence-corrected chi connectivity index (χ1v) is 11.4. The molecule has 0 fully saturated rings. The van der Waals surface area contributed by atoms with E-state index in [1.165, 1.54) is 18.3 Å². The molecular formula is C25H20N2O4S. The number of nitro benzene ring substituents is 1. The quantitative estimate of drug-likeness (QED) is 0.320. The lowest BCUT2D eigenvalue weighted by atomic mass is 9.97. The van der Waals surface area contributed by atoms with Crippen LogP contribution in [0, 0.1) is 17.0 Å². The van der Waals surface area contributed by atoms with Crippen LogP contribution in [0.2, 0.25) is 0 Å². The maximum absolute atomic E-state index is 12.9. The van der Waals surface area contributed by atoms with Gasteiger partial charge < -0.3 is 0 Å². The number of sulfonamides is 1. The van der Waals surface area contributed by atoms with E-state index in [0.29, 0.717) is 11.1 Å². The van der Waals surface area contributed by atoms with Crippen molar-refractivity contribution in [1.82, 2.24) is 4.72 Å². The van der Waals surface area contributed by atoms with Crippen LogP contribution in [0.3, 0.4) is 0 Å². The SMILES string of the molecule is Cc1ccc(S(=O)(=O)N/C=C(/c2ccc([N+](=O)[O-])cc2)c2ccc3cccccc2-3)cc1. The van der Waals surface area contributed by atoms with E-state index in [4.69, 9.17) is 0 Å². The monoisotopic (exact) mass is 444 g/mol. The molecule has 0 amide bonds. The van der Waals surface area contributed by atoms with Gasteiger partial charge in [0.25, 0.3) is 15.7 Å². The van der Waals surface area contributed by atoms with E-state index in [1.54, 1.807) is 36.4 Å². The van der Waals surface area contributed by atoms with Gasteiger partial charge >= 0.3 is 0 Å². The molecule has 0 bridgehead atoms. The predicted octanol–water partition coefficient (Wildman–Crippen LogP) is 5.38. The minimum absolute atomic E-state index is 0.0351. The van der Waals surface area contributed by atoms with Crippen LogP contribution in [0.5, 0.6) is 0 Å². The van der Waals surface area contributed by atoms with Crippen molar-refractivity contribution >= 4 is 21.3 Å². The molecule has 0 aromatic heterocycles. The van der Waals surface area contributed by atoms with Gasteiger partial charge in [0.2, 0.25) is 0 Å². The fourth-order valence-corrected chi connectivity index (χ4v) is 4.35. The Bertz CT molecular complexity index is 1380. The lowest BCUT2D eigenvalue weighted by Gasteiger charge is -2.11. The first kappa shape index (κ1) is 21.3. The van der Waals surface area contributed by atoms with Crippen LogP contribution in [0.15, 0.2) is 102 Å². The van der Waals surface area contributed by atoms with Gasteiger partial charge in [-0.25, -0.2) is 8.42 Å². The zero-order valence-corrected chi connectivity index (χ0v) is 18.0. The average molecular weight is 445 g/mol. The summed E-state index contributed by atoms with van der Waals surface area (Å²) in [4.78, 5) is 10.7. The molecule has 1 N–H and O–H groups in total. The molecule has 0 aliphatic heterocycles. The summed E-state index contributed by atoms with van der Waals surface area (Å²) in [7, 11) is -3.79. The highest BCUT2D eigenvalue weighted by atomic mass is 32.2. The Hall–Kier alpha value is -3.97. The Labute approximate surface area is 186 Å². The third-order valence-electron chi connectivity index (χ3n) is 5.16. The van der Waals surface area contributed by atoms with Crippen molar-refractivity contribution in [2.45, 2.75) is 11.8 Å². The second-order valence-electron chi connectivity index (χ2n) is 7.32. The Balaban J connectivity index is 1.80. The number of fused-ring (bicyclic) bond motifs is 1. The van der Waals surface area contributed by atoms with Crippen molar-refractivity contribution in [3.05, 3.63) is 124 Å². The van der Waals surface area contributed by atoms with Crippen LogP contribution in [-0.2, 0) is 10.0 Å². The minimum Gasteiger partial charge on any atom is -0.286 e. The molecule has 2 aromatic rings. The second-order valence-corrected chi connectivity index (χ2v) is 9.04. The first-order chi connectivity index (χ1) is 15.3. The van der Waals surface area contributed by atoms with Crippen molar-refractivity contribution in [3.8, 4) is 11.1 Å². The van der Waals surface area contributed by atoms with Crippen LogP contribution in [-0.4, -0.2) is 13.3 Å². The number of rotatable bonds is 6. The summed E-state index contributed by atoms with van der Waals surface area (Å²) in [6.45, 7) is 1.89. The molecule has 0 saturated carbocycles. The molecular weight excluding hydrogens is 424 g/mol. The maximum Gasteiger partial charge on any atom is 0.269 e. The molecule has 0 heterocycles. The molecule has 0 unspecified atom stereocenters. The van der Waals surface area contributed by atoms with Crippen LogP contribution < -0.4 is 4.72 Å². The van der Waals surface area contributed by atoms with Gasteiger partial charge in [0, 0.05) is 23.9 Å². The highest BCUT2D eigenvalue weighted by Gasteiger charge is 2.17. The van der Waals surface area contributed by atoms with Gasteiger partial charge in [-0.15, -0.1) is 0 Å². The van der Waals surface area contributed by atoms with E-state index in [0.717, 1.165) is 22.3 Å². The lowest BCUT2D eigenvalue weighted by Crippen LogP contribution is -2.18. The molecule has 4 rings (SSSR count). The molecule has 6 nitrogen and oxygen atoms in total. The summed E-state index contributed by atoms with van der Waals surface area (Å²) in [5, 5.41) is 11.1. The Morgan fingerprint density at radius 1 is 0.875 bits per heavy atom. The second kappa shape index (κ2) is 8.64. The summed E-state index contributed by atoms with van der Waals surface area (Å²) < 4.78 is 28.3. The summed E-state index contributed by atoms with van der Waals surface area (Å²) in [6, 6.07) is 26.2. The Morgan fingerprint density at radius 3 is 2.25 bits per heavy atom. The van der Waals surface area contributed by atoms with Gasteiger partial charge in [0.05, 0.1) is 9.82 Å². The first-order valence-electron chi connectivity index (χ1n) is 9.87. The van der Waals surface area contributed by atoms with Crippen molar-refractivity contribution < 1.29 is 13.3 Å². The number of aryl methyl sites for hydroxylation is 1. The summed E-state index contributed by atoms with van der Waals surface area (Å²) >= 11 is 0. The molecule has 0 saturated heterocycles. The number of non-ortho nitro benzene ring substituents is 1. The fraction of sp³-hybridized carbons (Fsp3) is 0.0400. The maximum atomic E-state index is 12.9. The van der Waals surface area contributed by atoms with Gasteiger partial charge in [0.1, 0.15) is 0 Å². The minimum atomic E-state index is -3.79. The van der Waals surface area contributed by atoms with E-state index in [9.17, 15) is 18.5 Å². The topological polar surface area (TPSA) is 89.3 Å². The summed E-state index contributed by atoms with van der Waals surface area (Å²) in [5.41, 5.74) is 4.94. The van der Waals surface area contributed by atoms with Crippen LogP contribution in [0.1, 0.15) is 16.7 Å². The smallest absolute Gasteiger partial charge is 0.269 e. The zero-order chi connectivity index (χ0) is 22.7. The van der Waals surface area contributed by atoms with E-state index in [2.05, 4.69) is 4.72 Å². The molecule has 160 valence electrons. The van der Waals surface area contributed by atoms with Gasteiger partial charge in [-0.1, -0.05) is 60.2 Å². The summed E-state index contributed by atoms with van der Waals surface area (Å²) in [6.07, 6.45) is 1.44. The zero-order valence-electron chi connectivity index (χ0n) is 17.2. The normalized spacial score (nSPS) is 12.0. The molecule has 2 aromatic carbocycles. The highest BCUT2D eigenvalue weighted by molar-refractivity contribution is 7.89. The van der Waals surface area contributed by atoms with Crippen molar-refractivity contribution in [1.29, 1.82) is 0 Å². The van der Waals surface area contributed by atoms with Crippen molar-refractivity contribution in [3.63, 3.8) is 0 Å². The largest absolute Gasteiger partial charge is 0.286 e. The number of benzene rings is 2. The third kappa shape index (κ3) is 4.38. The van der Waals surface area contributed by atoms with Crippen LogP contribution in [0.25, 0.3) is 16.7 Å². The number of nitrogens with one attached hydrogen (secondary N) is 1. The van der Waals surface area contributed by atoms with Crippen LogP contribution >= 0.6 is 0 Å². The average Bonchev–Trinajstić information content (AvgIpc) is 3.02. The standard InChI is InChI=1S/C25H20N2O4S/c1-18-7-14-22(15-8-18)32(30,31)26-17-25(20-9-12-21(13-10-20)27(28)29)24-16-11-19-5-3-2-4-6-23(19)24/h2-17,26H,1H3/b25-17-. The van der Waals surface area contributed by atoms with Crippen molar-refractivity contribution in [2.24, 2.45) is 0 Å². The van der Waals surface area contributed by atoms with E-state index in [1.807, 2.05) is 49.4 Å². The molecule has 2 aliphatic rings. The molecule has 0 radical (unpaired) electrons. The van der Waals surface area contributed by atoms with E-state index in [-0.39, 0.29) is 10.6 Å². The number of nitrogens with zero attached hydrogens (tertiary/aromatic N) is 1. The molecule has 32 heavy (non-hydrogen) atoms. The van der Waals surface area contributed by atoms with Crippen LogP contribution in [0.4, 0.5) is 5.69 Å². The lowest BCUT2D eigenvalue weighted by molar-refractivity contribution is -0.384. The van der Waals surface area contributed by atoms with Gasteiger partial charge in [-0.3, -0.25) is 14.8 Å². The molecule has 7 heteroatoms. The summed E-state index contributed by atoms with van der Waals surface area (Å²) in [5.74, 6) is 0. The Morgan fingerprint density at radius 2 is 1.56 bits per heavy atom. The predicted molar refractivity (Wildman–Crippen MR) is 125 cm³/mol. The van der Waals surface area contributed by atoms with Gasteiger partial charge in [0.15, 0.2) is 0 Å². The van der Waals surface area contributed by atoms with Gasteiger partial charge in [-0.05, 0) is 53.4 Å². The van der Waals surface area contributed by atoms with Gasteiger partial charge in [-0.2, -0.15) is 0 Å². The van der Waals surface area contributed by atoms with E-state index < -0.39 is 14.9 Å². The van der Waals surface area contributed by atoms with E-state index >= 15 is 0 Å². The Kier molecular flexibility index (Phi) is 5.75. The number of hydrogen-bond acceptors (Lipinski definition) is 4. The molecule has 2 aliphatic carbocycles. The molecule has 0 spiro atoms. The third-order valence-corrected chi connectivity index (χ3v) is 6.48. The fourth-order valence-electron chi connectivity index (χ4n) is 3.45. The molecule has 0 atom stereocenters.